The molecule has 0 bridgehead atoms. The van der Waals surface area contributed by atoms with E-state index in [4.69, 9.17) is 9.47 Å². The summed E-state index contributed by atoms with van der Waals surface area (Å²) in [5, 5.41) is 38.9. The smallest absolute Gasteiger partial charge is 0.339 e. The molecular formula is C15H20O7S. The summed E-state index contributed by atoms with van der Waals surface area (Å²) in [6, 6.07) is 6.65. The van der Waals surface area contributed by atoms with Crippen molar-refractivity contribution in [3.8, 4) is 0 Å². The fourth-order valence-corrected chi connectivity index (χ4v) is 3.42. The minimum Gasteiger partial charge on any atom is -0.462 e. The number of aliphatic hydroxyl groups is 4. The third-order valence-electron chi connectivity index (χ3n) is 3.47. The molecular weight excluding hydrogens is 324 g/mol. The Morgan fingerprint density at radius 3 is 2.57 bits per heavy atom. The van der Waals surface area contributed by atoms with Crippen molar-refractivity contribution in [2.45, 2.75) is 41.7 Å². The van der Waals surface area contributed by atoms with Gasteiger partial charge in [0.15, 0.2) is 0 Å². The van der Waals surface area contributed by atoms with Gasteiger partial charge in [-0.1, -0.05) is 23.9 Å². The first-order valence-electron chi connectivity index (χ1n) is 7.23. The van der Waals surface area contributed by atoms with Gasteiger partial charge in [0.05, 0.1) is 18.8 Å². The second kappa shape index (κ2) is 8.09. The molecule has 1 aliphatic rings. The highest BCUT2D eigenvalue weighted by atomic mass is 32.2. The highest BCUT2D eigenvalue weighted by Crippen LogP contribution is 2.35. The van der Waals surface area contributed by atoms with Crippen LogP contribution in [0.2, 0.25) is 0 Å². The number of carbonyl (C=O) groups excluding carboxylic acids is 1. The topological polar surface area (TPSA) is 116 Å². The van der Waals surface area contributed by atoms with E-state index in [0.29, 0.717) is 10.5 Å². The molecule has 0 aliphatic carbocycles. The van der Waals surface area contributed by atoms with Gasteiger partial charge >= 0.3 is 5.97 Å². The second-order valence-electron chi connectivity index (χ2n) is 5.03. The van der Waals surface area contributed by atoms with Crippen LogP contribution in [-0.2, 0) is 9.47 Å². The van der Waals surface area contributed by atoms with Gasteiger partial charge in [0.25, 0.3) is 0 Å². The summed E-state index contributed by atoms with van der Waals surface area (Å²) in [6.07, 6.45) is -5.21. The number of benzene rings is 1. The first kappa shape index (κ1) is 18.2. The van der Waals surface area contributed by atoms with Crippen molar-refractivity contribution in [3.05, 3.63) is 29.8 Å². The molecule has 23 heavy (non-hydrogen) atoms. The van der Waals surface area contributed by atoms with Crippen LogP contribution in [0.3, 0.4) is 0 Å². The van der Waals surface area contributed by atoms with Gasteiger partial charge in [0.1, 0.15) is 29.9 Å². The number of hydrogen-bond acceptors (Lipinski definition) is 8. The molecule has 128 valence electrons. The molecule has 5 atom stereocenters. The predicted molar refractivity (Wildman–Crippen MR) is 82.0 cm³/mol. The molecule has 0 amide bonds. The van der Waals surface area contributed by atoms with Crippen LogP contribution >= 0.6 is 11.8 Å². The van der Waals surface area contributed by atoms with E-state index >= 15 is 0 Å². The summed E-state index contributed by atoms with van der Waals surface area (Å²) in [7, 11) is 0. The van der Waals surface area contributed by atoms with Crippen molar-refractivity contribution in [2.24, 2.45) is 0 Å². The molecule has 1 fully saturated rings. The molecule has 0 aromatic heterocycles. The maximum atomic E-state index is 12.0. The highest BCUT2D eigenvalue weighted by molar-refractivity contribution is 8.00. The Kier molecular flexibility index (Phi) is 6.40. The van der Waals surface area contributed by atoms with E-state index in [1.807, 2.05) is 0 Å². The third kappa shape index (κ3) is 4.03. The highest BCUT2D eigenvalue weighted by Gasteiger charge is 2.44. The summed E-state index contributed by atoms with van der Waals surface area (Å²) in [5.74, 6) is -0.500. The molecule has 0 unspecified atom stereocenters. The number of aliphatic hydroxyl groups excluding tert-OH is 4. The van der Waals surface area contributed by atoms with E-state index in [9.17, 15) is 25.2 Å². The van der Waals surface area contributed by atoms with Crippen LogP contribution < -0.4 is 0 Å². The van der Waals surface area contributed by atoms with Gasteiger partial charge in [-0.05, 0) is 19.1 Å². The fourth-order valence-electron chi connectivity index (χ4n) is 2.24. The Morgan fingerprint density at radius 2 is 1.91 bits per heavy atom. The van der Waals surface area contributed by atoms with Crippen molar-refractivity contribution in [3.63, 3.8) is 0 Å². The Labute approximate surface area is 137 Å². The van der Waals surface area contributed by atoms with Crippen LogP contribution in [0, 0.1) is 0 Å². The maximum absolute atomic E-state index is 12.0. The zero-order valence-electron chi connectivity index (χ0n) is 12.5. The van der Waals surface area contributed by atoms with Gasteiger partial charge in [0.2, 0.25) is 0 Å². The molecule has 1 saturated heterocycles. The lowest BCUT2D eigenvalue weighted by atomic mass is 10.0. The average Bonchev–Trinajstić information content (AvgIpc) is 2.56. The zero-order valence-corrected chi connectivity index (χ0v) is 13.3. The minimum absolute atomic E-state index is 0.234. The molecule has 0 spiro atoms. The standard InChI is InChI=1S/C15H20O7S/c1-2-21-14(20)8-5-3-4-6-10(8)23-15-13(19)12(18)11(17)9(7-16)22-15/h3-6,9,11-13,15-19H,2,7H2,1H3/t9-,11-,12+,13-,15+/m1/s1. The fraction of sp³-hybridized carbons (Fsp3) is 0.533. The van der Waals surface area contributed by atoms with Crippen molar-refractivity contribution >= 4 is 17.7 Å². The van der Waals surface area contributed by atoms with Gasteiger partial charge in [-0.2, -0.15) is 0 Å². The summed E-state index contributed by atoms with van der Waals surface area (Å²) in [6.45, 7) is 1.44. The van der Waals surface area contributed by atoms with Crippen LogP contribution in [0.25, 0.3) is 0 Å². The molecule has 2 rings (SSSR count). The van der Waals surface area contributed by atoms with E-state index < -0.39 is 42.4 Å². The molecule has 1 aromatic rings. The van der Waals surface area contributed by atoms with Gasteiger partial charge in [0, 0.05) is 4.90 Å². The molecule has 8 heteroatoms. The van der Waals surface area contributed by atoms with Crippen molar-refractivity contribution in [2.75, 3.05) is 13.2 Å². The maximum Gasteiger partial charge on any atom is 0.339 e. The van der Waals surface area contributed by atoms with Crippen LogP contribution in [0.15, 0.2) is 29.2 Å². The zero-order chi connectivity index (χ0) is 17.0. The number of ether oxygens (including phenoxy) is 2. The summed E-state index contributed by atoms with van der Waals surface area (Å²) >= 11 is 1.02. The van der Waals surface area contributed by atoms with Crippen molar-refractivity contribution in [1.29, 1.82) is 0 Å². The monoisotopic (exact) mass is 344 g/mol. The summed E-state index contributed by atoms with van der Waals surface area (Å²) < 4.78 is 10.4. The van der Waals surface area contributed by atoms with Crippen LogP contribution in [0.5, 0.6) is 0 Å². The Balaban J connectivity index is 2.19. The molecule has 4 N–H and O–H groups in total. The predicted octanol–water partition coefficient (Wildman–Crippen LogP) is -0.245. The van der Waals surface area contributed by atoms with Crippen LogP contribution in [0.1, 0.15) is 17.3 Å². The first-order chi connectivity index (χ1) is 11.0. The summed E-state index contributed by atoms with van der Waals surface area (Å²) in [5.41, 5.74) is -0.627. The van der Waals surface area contributed by atoms with Crippen LogP contribution in [0.4, 0.5) is 0 Å². The van der Waals surface area contributed by atoms with Gasteiger partial charge in [-0.15, -0.1) is 0 Å². The number of thioether (sulfide) groups is 1. The lowest BCUT2D eigenvalue weighted by Gasteiger charge is -2.39. The van der Waals surface area contributed by atoms with E-state index in [-0.39, 0.29) is 6.61 Å². The number of rotatable bonds is 5. The number of esters is 1. The quantitative estimate of drug-likeness (QED) is 0.541. The minimum atomic E-state index is -1.45. The Bertz CT molecular complexity index is 536. The van der Waals surface area contributed by atoms with Gasteiger partial charge < -0.3 is 29.9 Å². The molecule has 7 nitrogen and oxygen atoms in total. The molecule has 1 aromatic carbocycles. The van der Waals surface area contributed by atoms with Crippen LogP contribution in [-0.4, -0.2) is 69.5 Å². The van der Waals surface area contributed by atoms with E-state index in [1.54, 1.807) is 31.2 Å². The SMILES string of the molecule is CCOC(=O)c1ccccc1S[C@@H]1O[C@H](CO)[C@@H](O)[C@H](O)[C@H]1O. The lowest BCUT2D eigenvalue weighted by molar-refractivity contribution is -0.205. The molecule has 0 saturated carbocycles. The average molecular weight is 344 g/mol. The van der Waals surface area contributed by atoms with Gasteiger partial charge in [-0.25, -0.2) is 4.79 Å². The lowest BCUT2D eigenvalue weighted by Crippen LogP contribution is -2.57. The van der Waals surface area contributed by atoms with E-state index in [2.05, 4.69) is 0 Å². The number of hydrogen-bond donors (Lipinski definition) is 4. The molecule has 1 aliphatic heterocycles. The van der Waals surface area contributed by atoms with Gasteiger partial charge in [-0.3, -0.25) is 0 Å². The van der Waals surface area contributed by atoms with E-state index in [1.165, 1.54) is 0 Å². The van der Waals surface area contributed by atoms with Crippen molar-refractivity contribution in [1.82, 2.24) is 0 Å². The van der Waals surface area contributed by atoms with E-state index in [0.717, 1.165) is 11.8 Å². The normalized spacial score (nSPS) is 30.9. The van der Waals surface area contributed by atoms with Crippen molar-refractivity contribution < 1.29 is 34.7 Å². The second-order valence-corrected chi connectivity index (χ2v) is 6.17. The third-order valence-corrected chi connectivity index (χ3v) is 4.71. The molecule has 1 heterocycles. The molecule has 0 radical (unpaired) electrons. The first-order valence-corrected chi connectivity index (χ1v) is 8.10. The number of carbonyl (C=O) groups is 1. The Hall–Kier alpha value is -1.16. The summed E-state index contributed by atoms with van der Waals surface area (Å²) in [4.78, 5) is 12.5. The Morgan fingerprint density at radius 1 is 1.22 bits per heavy atom. The largest absolute Gasteiger partial charge is 0.462 e.